The molecule has 3 aromatic carbocycles. The molecule has 0 bridgehead atoms. The van der Waals surface area contributed by atoms with Gasteiger partial charge in [0.1, 0.15) is 5.75 Å². The Morgan fingerprint density at radius 1 is 0.964 bits per heavy atom. The fourth-order valence-corrected chi connectivity index (χ4v) is 4.08. The predicted molar refractivity (Wildman–Crippen MR) is 119 cm³/mol. The molecule has 0 spiro atoms. The van der Waals surface area contributed by atoms with E-state index in [4.69, 9.17) is 10.5 Å². The Balaban J connectivity index is 1.98. The molecular formula is C25H28N2O. The molecule has 0 aliphatic rings. The van der Waals surface area contributed by atoms with Gasteiger partial charge in [-0.1, -0.05) is 36.4 Å². The summed E-state index contributed by atoms with van der Waals surface area (Å²) in [5.41, 5.74) is 13.3. The standard InChI is InChI=1S/C25H28N2O/c1-16-11-12-21-20(10-6-7-13-26)25(27-24(21)17(16)2)22-14-18-8-4-5-9-19(18)15-23(22)28-3/h4-5,8-9,11-12,14-15,27H,6-7,10,13,26H2,1-3H3. The van der Waals surface area contributed by atoms with Crippen LogP contribution in [-0.4, -0.2) is 18.6 Å². The number of hydrogen-bond donors (Lipinski definition) is 2. The van der Waals surface area contributed by atoms with E-state index in [1.165, 1.54) is 44.1 Å². The summed E-state index contributed by atoms with van der Waals surface area (Å²) < 4.78 is 5.80. The largest absolute Gasteiger partial charge is 0.496 e. The number of fused-ring (bicyclic) bond motifs is 2. The first-order valence-electron chi connectivity index (χ1n) is 10.0. The van der Waals surface area contributed by atoms with E-state index < -0.39 is 0 Å². The quantitative estimate of drug-likeness (QED) is 0.414. The highest BCUT2D eigenvalue weighted by molar-refractivity contribution is 5.97. The monoisotopic (exact) mass is 372 g/mol. The van der Waals surface area contributed by atoms with E-state index in [0.717, 1.165) is 37.1 Å². The van der Waals surface area contributed by atoms with Crippen LogP contribution < -0.4 is 10.5 Å². The van der Waals surface area contributed by atoms with Crippen LogP contribution in [0.15, 0.2) is 48.5 Å². The number of nitrogens with two attached hydrogens (primary N) is 1. The lowest BCUT2D eigenvalue weighted by molar-refractivity contribution is 0.417. The molecule has 28 heavy (non-hydrogen) atoms. The highest BCUT2D eigenvalue weighted by atomic mass is 16.5. The lowest BCUT2D eigenvalue weighted by atomic mass is 9.96. The number of benzene rings is 3. The number of aryl methyl sites for hydroxylation is 3. The fraction of sp³-hybridized carbons (Fsp3) is 0.280. The molecule has 4 aromatic rings. The average molecular weight is 373 g/mol. The van der Waals surface area contributed by atoms with Crippen LogP contribution in [0.25, 0.3) is 32.9 Å². The van der Waals surface area contributed by atoms with Crippen LogP contribution in [-0.2, 0) is 6.42 Å². The van der Waals surface area contributed by atoms with Gasteiger partial charge >= 0.3 is 0 Å². The van der Waals surface area contributed by atoms with Gasteiger partial charge in [-0.15, -0.1) is 0 Å². The Bertz CT molecular complexity index is 1140. The summed E-state index contributed by atoms with van der Waals surface area (Å²) in [6, 6.07) is 17.3. The van der Waals surface area contributed by atoms with Gasteiger partial charge in [0.25, 0.3) is 0 Å². The summed E-state index contributed by atoms with van der Waals surface area (Å²) in [7, 11) is 1.75. The summed E-state index contributed by atoms with van der Waals surface area (Å²) in [5.74, 6) is 0.903. The lowest BCUT2D eigenvalue weighted by Gasteiger charge is -2.12. The van der Waals surface area contributed by atoms with E-state index in [0.29, 0.717) is 0 Å². The second-order valence-electron chi connectivity index (χ2n) is 7.55. The van der Waals surface area contributed by atoms with Crippen LogP contribution in [0.3, 0.4) is 0 Å². The number of aromatic amines is 1. The Morgan fingerprint density at radius 3 is 2.43 bits per heavy atom. The van der Waals surface area contributed by atoms with Gasteiger partial charge in [-0.05, 0) is 79.3 Å². The summed E-state index contributed by atoms with van der Waals surface area (Å²) in [5, 5.41) is 3.72. The van der Waals surface area contributed by atoms with Crippen LogP contribution >= 0.6 is 0 Å². The van der Waals surface area contributed by atoms with Crippen molar-refractivity contribution in [2.45, 2.75) is 33.1 Å². The van der Waals surface area contributed by atoms with Gasteiger partial charge in [0.05, 0.1) is 12.8 Å². The van der Waals surface area contributed by atoms with Crippen LogP contribution in [0.2, 0.25) is 0 Å². The zero-order chi connectivity index (χ0) is 19.7. The van der Waals surface area contributed by atoms with E-state index in [1.54, 1.807) is 7.11 Å². The highest BCUT2D eigenvalue weighted by Gasteiger charge is 2.18. The van der Waals surface area contributed by atoms with E-state index in [-0.39, 0.29) is 0 Å². The third-order valence-corrected chi connectivity index (χ3v) is 5.83. The molecule has 0 aliphatic carbocycles. The van der Waals surface area contributed by atoms with Gasteiger partial charge in [-0.25, -0.2) is 0 Å². The SMILES string of the molecule is COc1cc2ccccc2cc1-c1[nH]c2c(C)c(C)ccc2c1CCCCN. The average Bonchev–Trinajstić information content (AvgIpc) is 3.09. The van der Waals surface area contributed by atoms with Crippen LogP contribution in [0.4, 0.5) is 0 Å². The molecule has 1 heterocycles. The van der Waals surface area contributed by atoms with E-state index >= 15 is 0 Å². The van der Waals surface area contributed by atoms with Crippen molar-refractivity contribution >= 4 is 21.7 Å². The van der Waals surface area contributed by atoms with Crippen molar-refractivity contribution < 1.29 is 4.74 Å². The number of rotatable bonds is 6. The number of hydrogen-bond acceptors (Lipinski definition) is 2. The maximum absolute atomic E-state index is 5.80. The zero-order valence-corrected chi connectivity index (χ0v) is 16.9. The topological polar surface area (TPSA) is 51.0 Å². The number of unbranched alkanes of at least 4 members (excludes halogenated alkanes) is 1. The Hall–Kier alpha value is -2.78. The molecule has 4 rings (SSSR count). The Morgan fingerprint density at radius 2 is 1.71 bits per heavy atom. The summed E-state index contributed by atoms with van der Waals surface area (Å²) in [6.07, 6.45) is 3.12. The second kappa shape index (κ2) is 7.69. The van der Waals surface area contributed by atoms with Crippen molar-refractivity contribution in [3.63, 3.8) is 0 Å². The predicted octanol–water partition coefficient (Wildman–Crippen LogP) is 5.89. The molecule has 3 heteroatoms. The second-order valence-corrected chi connectivity index (χ2v) is 7.55. The third kappa shape index (κ3) is 3.16. The molecule has 0 saturated heterocycles. The van der Waals surface area contributed by atoms with Crippen LogP contribution in [0.5, 0.6) is 5.75 Å². The molecule has 0 radical (unpaired) electrons. The summed E-state index contributed by atoms with van der Waals surface area (Å²) in [4.78, 5) is 3.74. The maximum atomic E-state index is 5.80. The minimum atomic E-state index is 0.731. The van der Waals surface area contributed by atoms with E-state index in [1.807, 2.05) is 0 Å². The highest BCUT2D eigenvalue weighted by Crippen LogP contribution is 2.40. The smallest absolute Gasteiger partial charge is 0.128 e. The van der Waals surface area contributed by atoms with Gasteiger partial charge in [-0.3, -0.25) is 0 Å². The van der Waals surface area contributed by atoms with Crippen molar-refractivity contribution in [3.8, 4) is 17.0 Å². The van der Waals surface area contributed by atoms with Crippen molar-refractivity contribution in [2.24, 2.45) is 5.73 Å². The molecule has 0 atom stereocenters. The van der Waals surface area contributed by atoms with E-state index in [9.17, 15) is 0 Å². The molecule has 0 aliphatic heterocycles. The van der Waals surface area contributed by atoms with Crippen LogP contribution in [0.1, 0.15) is 29.5 Å². The lowest BCUT2D eigenvalue weighted by Crippen LogP contribution is -1.99. The molecule has 3 nitrogen and oxygen atoms in total. The van der Waals surface area contributed by atoms with Gasteiger partial charge in [0.15, 0.2) is 0 Å². The molecule has 0 amide bonds. The van der Waals surface area contributed by atoms with E-state index in [2.05, 4.69) is 67.4 Å². The Labute approximate surface area is 166 Å². The zero-order valence-electron chi connectivity index (χ0n) is 16.9. The number of H-pyrrole nitrogens is 1. The van der Waals surface area contributed by atoms with Crippen molar-refractivity contribution in [1.82, 2.24) is 4.98 Å². The minimum Gasteiger partial charge on any atom is -0.496 e. The molecule has 1 aromatic heterocycles. The van der Waals surface area contributed by atoms with Gasteiger partial charge < -0.3 is 15.5 Å². The van der Waals surface area contributed by atoms with Crippen molar-refractivity contribution in [3.05, 3.63) is 65.2 Å². The number of methoxy groups -OCH3 is 1. The summed E-state index contributed by atoms with van der Waals surface area (Å²) >= 11 is 0. The van der Waals surface area contributed by atoms with Gasteiger partial charge in [0.2, 0.25) is 0 Å². The third-order valence-electron chi connectivity index (χ3n) is 5.83. The van der Waals surface area contributed by atoms with Crippen molar-refractivity contribution in [1.29, 1.82) is 0 Å². The Kier molecular flexibility index (Phi) is 5.10. The first-order valence-corrected chi connectivity index (χ1v) is 10.0. The first kappa shape index (κ1) is 18.6. The minimum absolute atomic E-state index is 0.731. The molecule has 144 valence electrons. The fourth-order valence-electron chi connectivity index (χ4n) is 4.08. The number of nitrogens with one attached hydrogen (secondary N) is 1. The molecule has 0 fully saturated rings. The van der Waals surface area contributed by atoms with Crippen molar-refractivity contribution in [2.75, 3.05) is 13.7 Å². The first-order chi connectivity index (χ1) is 13.6. The summed E-state index contributed by atoms with van der Waals surface area (Å²) in [6.45, 7) is 5.09. The molecule has 0 saturated carbocycles. The molecular weight excluding hydrogens is 344 g/mol. The maximum Gasteiger partial charge on any atom is 0.128 e. The molecule has 3 N–H and O–H groups in total. The van der Waals surface area contributed by atoms with Crippen LogP contribution in [0, 0.1) is 13.8 Å². The van der Waals surface area contributed by atoms with Gasteiger partial charge in [-0.2, -0.15) is 0 Å². The van der Waals surface area contributed by atoms with Gasteiger partial charge in [0, 0.05) is 16.5 Å². The normalized spacial score (nSPS) is 11.4. The molecule has 0 unspecified atom stereocenters. The number of ether oxygens (including phenoxy) is 1. The number of aromatic nitrogens is 1.